The van der Waals surface area contributed by atoms with Crippen LogP contribution in [0.15, 0.2) is 50.4 Å². The Balaban J connectivity index is 1.96. The molecule has 0 radical (unpaired) electrons. The van der Waals surface area contributed by atoms with Crippen molar-refractivity contribution < 1.29 is 17.6 Å². The number of furan rings is 1. The predicted octanol–water partition coefficient (Wildman–Crippen LogP) is 2.86. The van der Waals surface area contributed by atoms with E-state index in [1.165, 1.54) is 18.2 Å². The Morgan fingerprint density at radius 1 is 1.20 bits per heavy atom. The van der Waals surface area contributed by atoms with E-state index in [0.717, 1.165) is 0 Å². The molecule has 10 heteroatoms. The van der Waals surface area contributed by atoms with Crippen LogP contribution in [0.1, 0.15) is 23.9 Å². The second kappa shape index (κ2) is 8.56. The second-order valence-corrected chi connectivity index (χ2v) is 7.89. The first kappa shape index (κ1) is 19.6. The van der Waals surface area contributed by atoms with Gasteiger partial charge in [-0.15, -0.1) is 0 Å². The molecule has 0 aliphatic rings. The van der Waals surface area contributed by atoms with Gasteiger partial charge in [0, 0.05) is 12.2 Å². The summed E-state index contributed by atoms with van der Waals surface area (Å²) in [6.45, 7) is 2.26. The number of anilines is 1. The van der Waals surface area contributed by atoms with Crippen LogP contribution in [0, 0.1) is 0 Å². The molecule has 134 valence electrons. The van der Waals surface area contributed by atoms with Gasteiger partial charge in [-0.3, -0.25) is 10.1 Å². The fourth-order valence-corrected chi connectivity index (χ4v) is 3.45. The van der Waals surface area contributed by atoms with Crippen LogP contribution in [-0.4, -0.2) is 26.0 Å². The van der Waals surface area contributed by atoms with E-state index in [-0.39, 0.29) is 15.8 Å². The molecular formula is C15H16BrN3O4S2. The van der Waals surface area contributed by atoms with Gasteiger partial charge in [0.25, 0.3) is 5.91 Å². The second-order valence-electron chi connectivity index (χ2n) is 4.93. The topological polar surface area (TPSA) is 100 Å². The SMILES string of the molecule is CCCNS(=O)(=O)c1ccc(NC(=S)NC(=O)c2ccc(Br)o2)cc1. The number of hydrogen-bond donors (Lipinski definition) is 3. The van der Waals surface area contributed by atoms with E-state index in [2.05, 4.69) is 31.3 Å². The third kappa shape index (κ3) is 5.63. The number of benzene rings is 1. The maximum absolute atomic E-state index is 12.0. The summed E-state index contributed by atoms with van der Waals surface area (Å²) in [6, 6.07) is 9.12. The number of amides is 1. The van der Waals surface area contributed by atoms with Crippen molar-refractivity contribution in [3.05, 3.63) is 46.8 Å². The molecule has 2 aromatic rings. The van der Waals surface area contributed by atoms with Gasteiger partial charge in [-0.2, -0.15) is 0 Å². The molecule has 0 spiro atoms. The van der Waals surface area contributed by atoms with E-state index >= 15 is 0 Å². The first-order chi connectivity index (χ1) is 11.8. The van der Waals surface area contributed by atoms with Crippen molar-refractivity contribution in [3.8, 4) is 0 Å². The molecular weight excluding hydrogens is 430 g/mol. The van der Waals surface area contributed by atoms with Gasteiger partial charge < -0.3 is 9.73 Å². The first-order valence-corrected chi connectivity index (χ1v) is 9.97. The minimum absolute atomic E-state index is 0.0669. The van der Waals surface area contributed by atoms with Crippen molar-refractivity contribution >= 4 is 54.9 Å². The number of thiocarbonyl (C=S) groups is 1. The average Bonchev–Trinajstić information content (AvgIpc) is 3.00. The van der Waals surface area contributed by atoms with Gasteiger partial charge >= 0.3 is 0 Å². The highest BCUT2D eigenvalue weighted by molar-refractivity contribution is 9.10. The summed E-state index contributed by atoms with van der Waals surface area (Å²) < 4.78 is 32.0. The molecule has 2 rings (SSSR count). The van der Waals surface area contributed by atoms with E-state index in [0.29, 0.717) is 23.3 Å². The Hall–Kier alpha value is -1.75. The molecule has 3 N–H and O–H groups in total. The van der Waals surface area contributed by atoms with Crippen molar-refractivity contribution in [1.29, 1.82) is 0 Å². The molecule has 0 fully saturated rings. The highest BCUT2D eigenvalue weighted by atomic mass is 79.9. The number of nitrogens with one attached hydrogen (secondary N) is 3. The summed E-state index contributed by atoms with van der Waals surface area (Å²) in [5.74, 6) is -0.384. The molecule has 25 heavy (non-hydrogen) atoms. The fourth-order valence-electron chi connectivity index (χ4n) is 1.80. The zero-order valence-electron chi connectivity index (χ0n) is 13.2. The Bertz CT molecular complexity index is 863. The molecule has 0 aliphatic carbocycles. The minimum Gasteiger partial charge on any atom is -0.444 e. The molecule has 1 aromatic carbocycles. The Kier molecular flexibility index (Phi) is 6.71. The summed E-state index contributed by atoms with van der Waals surface area (Å²) in [4.78, 5) is 12.1. The molecule has 1 heterocycles. The molecule has 7 nitrogen and oxygen atoms in total. The zero-order chi connectivity index (χ0) is 18.4. The van der Waals surface area contributed by atoms with Crippen LogP contribution in [0.4, 0.5) is 5.69 Å². The van der Waals surface area contributed by atoms with Gasteiger partial charge in [0.15, 0.2) is 15.5 Å². The van der Waals surface area contributed by atoms with Crippen molar-refractivity contribution in [1.82, 2.24) is 10.0 Å². The summed E-state index contributed by atoms with van der Waals surface area (Å²) >= 11 is 8.17. The molecule has 0 unspecified atom stereocenters. The summed E-state index contributed by atoms with van der Waals surface area (Å²) in [6.07, 6.45) is 0.707. The predicted molar refractivity (Wildman–Crippen MR) is 102 cm³/mol. The Labute approximate surface area is 159 Å². The van der Waals surface area contributed by atoms with Crippen LogP contribution in [-0.2, 0) is 10.0 Å². The van der Waals surface area contributed by atoms with Crippen molar-refractivity contribution in [3.63, 3.8) is 0 Å². The quantitative estimate of drug-likeness (QED) is 0.591. The van der Waals surface area contributed by atoms with Crippen LogP contribution < -0.4 is 15.4 Å². The largest absolute Gasteiger partial charge is 0.444 e. The third-order valence-corrected chi connectivity index (χ3v) is 5.10. The highest BCUT2D eigenvalue weighted by Gasteiger charge is 2.14. The van der Waals surface area contributed by atoms with E-state index in [9.17, 15) is 13.2 Å². The van der Waals surface area contributed by atoms with Gasteiger partial charge in [0.05, 0.1) is 4.90 Å². The number of rotatable bonds is 6. The maximum atomic E-state index is 12.0. The molecule has 0 aliphatic heterocycles. The maximum Gasteiger partial charge on any atom is 0.293 e. The summed E-state index contributed by atoms with van der Waals surface area (Å²) in [5, 5.41) is 5.34. The highest BCUT2D eigenvalue weighted by Crippen LogP contribution is 2.15. The lowest BCUT2D eigenvalue weighted by molar-refractivity contribution is 0.0949. The van der Waals surface area contributed by atoms with E-state index in [4.69, 9.17) is 16.6 Å². The number of carbonyl (C=O) groups is 1. The Morgan fingerprint density at radius 3 is 2.44 bits per heavy atom. The fraction of sp³-hybridized carbons (Fsp3) is 0.200. The van der Waals surface area contributed by atoms with Crippen molar-refractivity contribution in [2.75, 3.05) is 11.9 Å². The Morgan fingerprint density at radius 2 is 1.88 bits per heavy atom. The van der Waals surface area contributed by atoms with Gasteiger partial charge in [0.2, 0.25) is 10.0 Å². The van der Waals surface area contributed by atoms with Gasteiger partial charge in [-0.1, -0.05) is 6.92 Å². The van der Waals surface area contributed by atoms with Gasteiger partial charge in [-0.25, -0.2) is 13.1 Å². The lowest BCUT2D eigenvalue weighted by Gasteiger charge is -2.10. The molecule has 0 saturated heterocycles. The lowest BCUT2D eigenvalue weighted by atomic mass is 10.3. The van der Waals surface area contributed by atoms with Gasteiger partial charge in [-0.05, 0) is 71.0 Å². The molecule has 1 amide bonds. The minimum atomic E-state index is -3.52. The molecule has 1 aromatic heterocycles. The molecule has 0 saturated carbocycles. The summed E-state index contributed by atoms with van der Waals surface area (Å²) in [7, 11) is -3.52. The van der Waals surface area contributed by atoms with Crippen LogP contribution >= 0.6 is 28.1 Å². The first-order valence-electron chi connectivity index (χ1n) is 7.29. The zero-order valence-corrected chi connectivity index (χ0v) is 16.4. The smallest absolute Gasteiger partial charge is 0.293 e. The van der Waals surface area contributed by atoms with Crippen LogP contribution in [0.3, 0.4) is 0 Å². The average molecular weight is 446 g/mol. The summed E-state index contributed by atoms with van der Waals surface area (Å²) in [5.41, 5.74) is 0.542. The van der Waals surface area contributed by atoms with E-state index < -0.39 is 15.9 Å². The molecule has 0 atom stereocenters. The number of carbonyl (C=O) groups excluding carboxylic acids is 1. The van der Waals surface area contributed by atoms with Crippen LogP contribution in [0.25, 0.3) is 0 Å². The standard InChI is InChI=1S/C15H16BrN3O4S2/c1-2-9-17-25(21,22)11-5-3-10(4-6-11)18-15(24)19-14(20)12-7-8-13(16)23-12/h3-8,17H,2,9H2,1H3,(H2,18,19,20,24). The normalized spacial score (nSPS) is 11.1. The van der Waals surface area contributed by atoms with Crippen molar-refractivity contribution in [2.24, 2.45) is 0 Å². The number of hydrogen-bond acceptors (Lipinski definition) is 5. The number of sulfonamides is 1. The van der Waals surface area contributed by atoms with Gasteiger partial charge in [0.1, 0.15) is 0 Å². The van der Waals surface area contributed by atoms with E-state index in [1.807, 2.05) is 6.92 Å². The van der Waals surface area contributed by atoms with E-state index in [1.54, 1.807) is 18.2 Å². The van der Waals surface area contributed by atoms with Crippen molar-refractivity contribution in [2.45, 2.75) is 18.2 Å². The number of halogens is 1. The monoisotopic (exact) mass is 445 g/mol. The van der Waals surface area contributed by atoms with Crippen LogP contribution in [0.2, 0.25) is 0 Å². The lowest BCUT2D eigenvalue weighted by Crippen LogP contribution is -2.33. The van der Waals surface area contributed by atoms with Crippen LogP contribution in [0.5, 0.6) is 0 Å². The third-order valence-electron chi connectivity index (χ3n) is 2.99. The molecule has 0 bridgehead atoms.